The Labute approximate surface area is 124 Å². The zero-order valence-electron chi connectivity index (χ0n) is 11.5. The molecule has 19 heavy (non-hydrogen) atoms. The molecule has 0 fully saturated rings. The first-order valence-corrected chi connectivity index (χ1v) is 7.48. The van der Waals surface area contributed by atoms with Crippen LogP contribution in [0.4, 0.5) is 0 Å². The molecule has 7 nitrogen and oxygen atoms in total. The lowest BCUT2D eigenvalue weighted by Crippen LogP contribution is -2.37. The number of hydrogen-bond acceptors (Lipinski definition) is 6. The van der Waals surface area contributed by atoms with E-state index in [0.717, 1.165) is 7.11 Å². The van der Waals surface area contributed by atoms with Gasteiger partial charge in [0, 0.05) is 0 Å². The van der Waals surface area contributed by atoms with E-state index in [1.165, 1.54) is 0 Å². The van der Waals surface area contributed by atoms with Crippen molar-refractivity contribution in [2.45, 2.75) is 19.4 Å². The Balaban J connectivity index is 0.00000154. The number of aromatic nitrogens is 2. The topological polar surface area (TPSA) is 104 Å². The van der Waals surface area contributed by atoms with Gasteiger partial charge in [-0.15, -0.1) is 0 Å². The number of esters is 1. The summed E-state index contributed by atoms with van der Waals surface area (Å²) in [5.74, 6) is -1.36. The molecule has 0 aliphatic carbocycles. The number of hydrogen-bond donors (Lipinski definition) is 3. The summed E-state index contributed by atoms with van der Waals surface area (Å²) < 4.78 is 4.44. The highest BCUT2D eigenvalue weighted by molar-refractivity contribution is 14.1. The molecule has 1 aromatic heterocycles. The van der Waals surface area contributed by atoms with E-state index in [0.29, 0.717) is 0 Å². The smallest absolute Gasteiger partial charge is 0.360 e. The van der Waals surface area contributed by atoms with Crippen LogP contribution < -0.4 is 10.9 Å². The standard InChI is InChI=1S/C10H15N3O4.CH3I/c1-10(2,11-3)9-12-5(8(16)17-4)6(14)7(15)13-9;1-2/h11,14H,1-4H3,(H,12,13,15);1H3. The number of methoxy groups -OCH3 is 1. The molecule has 0 radical (unpaired) electrons. The van der Waals surface area contributed by atoms with Crippen molar-refractivity contribution >= 4 is 28.6 Å². The van der Waals surface area contributed by atoms with Gasteiger partial charge in [-0.1, -0.05) is 22.6 Å². The molecule has 8 heteroatoms. The van der Waals surface area contributed by atoms with Gasteiger partial charge >= 0.3 is 5.97 Å². The fourth-order valence-electron chi connectivity index (χ4n) is 1.12. The Bertz CT molecular complexity index is 499. The van der Waals surface area contributed by atoms with Crippen LogP contribution in [0.15, 0.2) is 4.79 Å². The monoisotopic (exact) mass is 383 g/mol. The Kier molecular flexibility index (Phi) is 6.98. The molecule has 0 atom stereocenters. The normalized spacial score (nSPS) is 10.4. The zero-order chi connectivity index (χ0) is 15.2. The quantitative estimate of drug-likeness (QED) is 0.405. The SMILES string of the molecule is CI.CNC(C)(C)c1nc(C(=O)OC)c(O)c(=O)[nH]1. The van der Waals surface area contributed by atoms with E-state index >= 15 is 0 Å². The number of nitrogens with zero attached hydrogens (tertiary/aromatic N) is 1. The molecule has 1 heterocycles. The molecule has 108 valence electrons. The van der Waals surface area contributed by atoms with Crippen molar-refractivity contribution < 1.29 is 14.6 Å². The van der Waals surface area contributed by atoms with Gasteiger partial charge in [-0.3, -0.25) is 4.79 Å². The van der Waals surface area contributed by atoms with Gasteiger partial charge in [0.15, 0.2) is 5.69 Å². The zero-order valence-corrected chi connectivity index (χ0v) is 13.7. The highest BCUT2D eigenvalue weighted by atomic mass is 127. The lowest BCUT2D eigenvalue weighted by molar-refractivity contribution is 0.0589. The van der Waals surface area contributed by atoms with Gasteiger partial charge in [-0.05, 0) is 25.8 Å². The van der Waals surface area contributed by atoms with Gasteiger partial charge in [0.2, 0.25) is 5.75 Å². The number of alkyl halides is 1. The Morgan fingerprint density at radius 3 is 2.42 bits per heavy atom. The maximum atomic E-state index is 11.5. The molecule has 0 aliphatic heterocycles. The molecule has 0 spiro atoms. The fraction of sp³-hybridized carbons (Fsp3) is 0.545. The third-order valence-electron chi connectivity index (χ3n) is 2.49. The van der Waals surface area contributed by atoms with Gasteiger partial charge in [0.25, 0.3) is 5.56 Å². The third-order valence-corrected chi connectivity index (χ3v) is 2.49. The second-order valence-electron chi connectivity index (χ2n) is 3.98. The second kappa shape index (κ2) is 7.43. The Morgan fingerprint density at radius 2 is 2.00 bits per heavy atom. The molecule has 0 aromatic carbocycles. The number of aromatic hydroxyl groups is 1. The number of carbonyl (C=O) groups excluding carboxylic acids is 1. The largest absolute Gasteiger partial charge is 0.501 e. The van der Waals surface area contributed by atoms with Gasteiger partial charge in [0.1, 0.15) is 5.82 Å². The molecule has 0 saturated carbocycles. The van der Waals surface area contributed by atoms with Crippen LogP contribution in [0.3, 0.4) is 0 Å². The minimum absolute atomic E-state index is 0.239. The van der Waals surface area contributed by atoms with Crippen LogP contribution in [0.5, 0.6) is 5.75 Å². The van der Waals surface area contributed by atoms with Crippen molar-refractivity contribution in [1.82, 2.24) is 15.3 Å². The lowest BCUT2D eigenvalue weighted by Gasteiger charge is -2.22. The summed E-state index contributed by atoms with van der Waals surface area (Å²) in [7, 11) is 2.83. The first-order chi connectivity index (χ1) is 8.83. The van der Waals surface area contributed by atoms with Crippen molar-refractivity contribution in [2.24, 2.45) is 0 Å². The van der Waals surface area contributed by atoms with Crippen LogP contribution in [0, 0.1) is 0 Å². The number of nitrogens with one attached hydrogen (secondary N) is 2. The molecular weight excluding hydrogens is 365 g/mol. The summed E-state index contributed by atoms with van der Waals surface area (Å²) in [4.78, 5) is 31.1. The number of halogens is 1. The fourth-order valence-corrected chi connectivity index (χ4v) is 1.12. The van der Waals surface area contributed by atoms with E-state index in [1.807, 2.05) is 4.93 Å². The van der Waals surface area contributed by atoms with E-state index in [-0.39, 0.29) is 5.82 Å². The number of carbonyl (C=O) groups is 1. The summed E-state index contributed by atoms with van der Waals surface area (Å²) in [6.45, 7) is 3.53. The molecular formula is C11H18IN3O4. The Hall–Kier alpha value is -1.16. The van der Waals surface area contributed by atoms with Crippen LogP contribution in [0.25, 0.3) is 0 Å². The van der Waals surface area contributed by atoms with Crippen LogP contribution in [0.1, 0.15) is 30.2 Å². The first kappa shape index (κ1) is 17.8. The summed E-state index contributed by atoms with van der Waals surface area (Å²) in [5.41, 5.74) is -1.82. The van der Waals surface area contributed by atoms with Crippen molar-refractivity contribution in [1.29, 1.82) is 0 Å². The molecule has 1 aromatic rings. The van der Waals surface area contributed by atoms with Crippen LogP contribution in [-0.4, -0.2) is 40.1 Å². The summed E-state index contributed by atoms with van der Waals surface area (Å²) in [6, 6.07) is 0. The number of rotatable bonds is 3. The van der Waals surface area contributed by atoms with Gasteiger partial charge in [-0.25, -0.2) is 9.78 Å². The second-order valence-corrected chi connectivity index (χ2v) is 3.98. The highest BCUT2D eigenvalue weighted by Gasteiger charge is 2.26. The molecule has 0 aliphatic rings. The number of H-pyrrole nitrogens is 1. The van der Waals surface area contributed by atoms with Crippen molar-refractivity contribution in [3.63, 3.8) is 0 Å². The third kappa shape index (κ3) is 4.16. The van der Waals surface area contributed by atoms with E-state index < -0.39 is 28.5 Å². The summed E-state index contributed by atoms with van der Waals surface area (Å²) in [6.07, 6.45) is 0. The molecule has 0 unspecified atom stereocenters. The van der Waals surface area contributed by atoms with Crippen LogP contribution in [0.2, 0.25) is 0 Å². The Morgan fingerprint density at radius 1 is 1.47 bits per heavy atom. The minimum Gasteiger partial charge on any atom is -0.501 e. The van der Waals surface area contributed by atoms with E-state index in [9.17, 15) is 14.7 Å². The van der Waals surface area contributed by atoms with E-state index in [4.69, 9.17) is 0 Å². The average molecular weight is 383 g/mol. The van der Waals surface area contributed by atoms with Crippen molar-refractivity contribution in [3.05, 3.63) is 21.9 Å². The van der Waals surface area contributed by atoms with E-state index in [1.54, 1.807) is 20.9 Å². The summed E-state index contributed by atoms with van der Waals surface area (Å²) >= 11 is 2.15. The molecule has 0 amide bonds. The molecule has 0 saturated heterocycles. The van der Waals surface area contributed by atoms with Gasteiger partial charge in [0.05, 0.1) is 12.6 Å². The molecule has 1 rings (SSSR count). The maximum Gasteiger partial charge on any atom is 0.360 e. The number of ether oxygens (including phenoxy) is 1. The minimum atomic E-state index is -0.859. The van der Waals surface area contributed by atoms with Crippen molar-refractivity contribution in [3.8, 4) is 5.75 Å². The predicted molar refractivity (Wildman–Crippen MR) is 79.9 cm³/mol. The van der Waals surface area contributed by atoms with Gasteiger partial charge in [-0.2, -0.15) is 0 Å². The molecule has 0 bridgehead atoms. The van der Waals surface area contributed by atoms with Crippen LogP contribution >= 0.6 is 22.6 Å². The molecule has 3 N–H and O–H groups in total. The average Bonchev–Trinajstić information content (AvgIpc) is 2.42. The lowest BCUT2D eigenvalue weighted by atomic mass is 10.1. The summed E-state index contributed by atoms with van der Waals surface area (Å²) in [5, 5.41) is 12.4. The highest BCUT2D eigenvalue weighted by Crippen LogP contribution is 2.17. The van der Waals surface area contributed by atoms with Crippen LogP contribution in [-0.2, 0) is 10.3 Å². The van der Waals surface area contributed by atoms with Crippen molar-refractivity contribution in [2.75, 3.05) is 19.1 Å². The number of aromatic amines is 1. The predicted octanol–water partition coefficient (Wildman–Crippen LogP) is 0.768. The van der Waals surface area contributed by atoms with E-state index in [2.05, 4.69) is 42.6 Å². The first-order valence-electron chi connectivity index (χ1n) is 5.32. The van der Waals surface area contributed by atoms with Gasteiger partial charge < -0.3 is 20.1 Å². The maximum absolute atomic E-state index is 11.5.